The lowest BCUT2D eigenvalue weighted by molar-refractivity contribution is 0.00791. The maximum atomic E-state index is 5.50. The molecule has 5 rings (SSSR count). The first-order valence-electron chi connectivity index (χ1n) is 10.6. The lowest BCUT2D eigenvalue weighted by Gasteiger charge is -2.39. The van der Waals surface area contributed by atoms with Gasteiger partial charge in [-0.05, 0) is 43.4 Å². The predicted molar refractivity (Wildman–Crippen MR) is 114 cm³/mol. The van der Waals surface area contributed by atoms with Crippen LogP contribution in [0.15, 0.2) is 36.9 Å². The van der Waals surface area contributed by atoms with Crippen LogP contribution in [0, 0.1) is 0 Å². The van der Waals surface area contributed by atoms with Gasteiger partial charge in [0.25, 0.3) is 0 Å². The minimum Gasteiger partial charge on any atom is -0.379 e. The van der Waals surface area contributed by atoms with E-state index in [1.807, 2.05) is 24.1 Å². The molecular formula is C22H28N6O. The standard InChI is InChI=1S/C22H28N6O/c1-27-14-17(13-25-27)16-2-7-21-20(12-16)22(24-15-23-21)26-18-3-5-19(6-4-18)28-8-10-29-11-9-28/h2,7,12-15,18-19H,3-6,8-11H2,1H3,(H,23,24,26)/t18-,19-. The van der Waals surface area contributed by atoms with E-state index in [2.05, 4.69) is 43.5 Å². The summed E-state index contributed by atoms with van der Waals surface area (Å²) in [5.41, 5.74) is 3.21. The number of fused-ring (bicyclic) bond motifs is 1. The number of morpholine rings is 1. The summed E-state index contributed by atoms with van der Waals surface area (Å²) in [5.74, 6) is 0.940. The minimum atomic E-state index is 0.465. The van der Waals surface area contributed by atoms with Gasteiger partial charge < -0.3 is 10.1 Å². The van der Waals surface area contributed by atoms with E-state index in [4.69, 9.17) is 4.74 Å². The Hall–Kier alpha value is -2.51. The summed E-state index contributed by atoms with van der Waals surface area (Å²) >= 11 is 0. The molecule has 1 aliphatic heterocycles. The molecule has 1 N–H and O–H groups in total. The molecule has 0 unspecified atom stereocenters. The molecule has 1 saturated heterocycles. The van der Waals surface area contributed by atoms with E-state index in [9.17, 15) is 0 Å². The summed E-state index contributed by atoms with van der Waals surface area (Å²) in [6.07, 6.45) is 10.4. The average Bonchev–Trinajstić information content (AvgIpc) is 3.21. The van der Waals surface area contributed by atoms with Crippen molar-refractivity contribution in [3.8, 4) is 11.1 Å². The molecule has 0 bridgehead atoms. The van der Waals surface area contributed by atoms with Crippen molar-refractivity contribution >= 4 is 16.7 Å². The van der Waals surface area contributed by atoms with Crippen molar-refractivity contribution < 1.29 is 4.74 Å². The lowest BCUT2D eigenvalue weighted by atomic mass is 9.90. The molecular weight excluding hydrogens is 364 g/mol. The van der Waals surface area contributed by atoms with Gasteiger partial charge in [-0.2, -0.15) is 5.10 Å². The maximum Gasteiger partial charge on any atom is 0.137 e. The summed E-state index contributed by atoms with van der Waals surface area (Å²) in [5, 5.41) is 9.08. The zero-order chi connectivity index (χ0) is 19.6. The monoisotopic (exact) mass is 392 g/mol. The van der Waals surface area contributed by atoms with E-state index in [1.165, 1.54) is 25.7 Å². The molecule has 1 saturated carbocycles. The summed E-state index contributed by atoms with van der Waals surface area (Å²) in [4.78, 5) is 11.6. The first-order valence-corrected chi connectivity index (χ1v) is 10.6. The fourth-order valence-electron chi connectivity index (χ4n) is 4.64. The van der Waals surface area contributed by atoms with Gasteiger partial charge in [-0.25, -0.2) is 9.97 Å². The van der Waals surface area contributed by atoms with Crippen molar-refractivity contribution in [3.05, 3.63) is 36.9 Å². The van der Waals surface area contributed by atoms with Crippen LogP contribution in [0.1, 0.15) is 25.7 Å². The predicted octanol–water partition coefficient (Wildman–Crippen LogP) is 3.09. The second-order valence-corrected chi connectivity index (χ2v) is 8.16. The highest BCUT2D eigenvalue weighted by Crippen LogP contribution is 2.30. The van der Waals surface area contributed by atoms with Crippen LogP contribution in [0.25, 0.3) is 22.0 Å². The van der Waals surface area contributed by atoms with Gasteiger partial charge >= 0.3 is 0 Å². The van der Waals surface area contributed by atoms with Gasteiger partial charge in [-0.1, -0.05) is 6.07 Å². The van der Waals surface area contributed by atoms with Crippen LogP contribution in [-0.2, 0) is 11.8 Å². The van der Waals surface area contributed by atoms with Crippen LogP contribution in [0.3, 0.4) is 0 Å². The third-order valence-corrected chi connectivity index (χ3v) is 6.27. The molecule has 1 aromatic carbocycles. The van der Waals surface area contributed by atoms with Crippen LogP contribution < -0.4 is 5.32 Å². The highest BCUT2D eigenvalue weighted by Gasteiger charge is 2.27. The molecule has 0 amide bonds. The molecule has 0 spiro atoms. The van der Waals surface area contributed by atoms with E-state index in [0.29, 0.717) is 12.1 Å². The largest absolute Gasteiger partial charge is 0.379 e. The minimum absolute atomic E-state index is 0.465. The Morgan fingerprint density at radius 2 is 1.86 bits per heavy atom. The smallest absolute Gasteiger partial charge is 0.137 e. The number of hydrogen-bond acceptors (Lipinski definition) is 6. The average molecular weight is 393 g/mol. The molecule has 3 heterocycles. The molecule has 2 aliphatic rings. The van der Waals surface area contributed by atoms with E-state index < -0.39 is 0 Å². The number of rotatable bonds is 4. The number of aryl methyl sites for hydroxylation is 1. The first kappa shape index (κ1) is 18.5. The Morgan fingerprint density at radius 3 is 2.62 bits per heavy atom. The number of ether oxygens (including phenoxy) is 1. The Morgan fingerprint density at radius 1 is 1.03 bits per heavy atom. The van der Waals surface area contributed by atoms with Crippen molar-refractivity contribution in [2.24, 2.45) is 7.05 Å². The van der Waals surface area contributed by atoms with E-state index in [0.717, 1.165) is 54.2 Å². The van der Waals surface area contributed by atoms with Gasteiger partial charge in [-0.3, -0.25) is 9.58 Å². The second kappa shape index (κ2) is 8.08. The van der Waals surface area contributed by atoms with Gasteiger partial charge in [0.1, 0.15) is 12.1 Å². The number of nitrogens with one attached hydrogen (secondary N) is 1. The topological polar surface area (TPSA) is 68.1 Å². The molecule has 3 aromatic rings. The summed E-state index contributed by atoms with van der Waals surface area (Å²) in [6, 6.07) is 7.51. The summed E-state index contributed by atoms with van der Waals surface area (Å²) in [7, 11) is 1.94. The van der Waals surface area contributed by atoms with Gasteiger partial charge in [0.2, 0.25) is 0 Å². The SMILES string of the molecule is Cn1cc(-c2ccc3ncnc(N[C@H]4CC[C@H](N5CCOCC5)CC4)c3c2)cn1. The zero-order valence-electron chi connectivity index (χ0n) is 16.9. The number of hydrogen-bond donors (Lipinski definition) is 1. The summed E-state index contributed by atoms with van der Waals surface area (Å²) < 4.78 is 7.33. The Labute approximate surface area is 171 Å². The molecule has 1 aliphatic carbocycles. The lowest BCUT2D eigenvalue weighted by Crippen LogP contribution is -2.46. The highest BCUT2D eigenvalue weighted by molar-refractivity contribution is 5.92. The molecule has 2 aromatic heterocycles. The second-order valence-electron chi connectivity index (χ2n) is 8.16. The van der Waals surface area contributed by atoms with Crippen molar-refractivity contribution in [3.63, 3.8) is 0 Å². The van der Waals surface area contributed by atoms with Crippen LogP contribution in [0.5, 0.6) is 0 Å². The highest BCUT2D eigenvalue weighted by atomic mass is 16.5. The summed E-state index contributed by atoms with van der Waals surface area (Å²) in [6.45, 7) is 3.92. The Kier molecular flexibility index (Phi) is 5.16. The number of benzene rings is 1. The van der Waals surface area contributed by atoms with Gasteiger partial charge in [-0.15, -0.1) is 0 Å². The fourth-order valence-corrected chi connectivity index (χ4v) is 4.64. The quantitative estimate of drug-likeness (QED) is 0.736. The van der Waals surface area contributed by atoms with Crippen molar-refractivity contribution in [1.82, 2.24) is 24.6 Å². The van der Waals surface area contributed by atoms with E-state index in [1.54, 1.807) is 6.33 Å². The van der Waals surface area contributed by atoms with Crippen molar-refractivity contribution in [2.75, 3.05) is 31.6 Å². The Balaban J connectivity index is 1.31. The van der Waals surface area contributed by atoms with E-state index in [-0.39, 0.29) is 0 Å². The molecule has 7 heteroatoms. The molecule has 0 radical (unpaired) electrons. The number of aromatic nitrogens is 4. The molecule has 7 nitrogen and oxygen atoms in total. The maximum absolute atomic E-state index is 5.50. The third-order valence-electron chi connectivity index (χ3n) is 6.27. The van der Waals surface area contributed by atoms with Crippen molar-refractivity contribution in [1.29, 1.82) is 0 Å². The molecule has 29 heavy (non-hydrogen) atoms. The fraction of sp³-hybridized carbons (Fsp3) is 0.500. The van der Waals surface area contributed by atoms with Gasteiger partial charge in [0.15, 0.2) is 0 Å². The van der Waals surface area contributed by atoms with Crippen LogP contribution >= 0.6 is 0 Å². The number of anilines is 1. The van der Waals surface area contributed by atoms with Crippen LogP contribution in [-0.4, -0.2) is 63.0 Å². The molecule has 2 fully saturated rings. The van der Waals surface area contributed by atoms with Crippen LogP contribution in [0.4, 0.5) is 5.82 Å². The molecule has 152 valence electrons. The molecule has 0 atom stereocenters. The van der Waals surface area contributed by atoms with Gasteiger partial charge in [0.05, 0.1) is 24.9 Å². The third kappa shape index (κ3) is 3.97. The van der Waals surface area contributed by atoms with Crippen LogP contribution in [0.2, 0.25) is 0 Å². The van der Waals surface area contributed by atoms with Crippen molar-refractivity contribution in [2.45, 2.75) is 37.8 Å². The Bertz CT molecular complexity index is 972. The number of nitrogens with zero attached hydrogens (tertiary/aromatic N) is 5. The van der Waals surface area contributed by atoms with Gasteiger partial charge in [0, 0.05) is 49.4 Å². The zero-order valence-corrected chi connectivity index (χ0v) is 16.9. The van der Waals surface area contributed by atoms with E-state index >= 15 is 0 Å². The normalized spacial score (nSPS) is 23.3. The first-order chi connectivity index (χ1) is 14.3.